The van der Waals surface area contributed by atoms with Crippen molar-refractivity contribution in [3.8, 4) is 11.5 Å². The number of para-hydroxylation sites is 2. The predicted octanol–water partition coefficient (Wildman–Crippen LogP) is 7.24. The van der Waals surface area contributed by atoms with Crippen molar-refractivity contribution in [3.05, 3.63) is 101 Å². The van der Waals surface area contributed by atoms with E-state index in [1.807, 2.05) is 83.3 Å². The quantitative estimate of drug-likeness (QED) is 0.223. The van der Waals surface area contributed by atoms with Crippen molar-refractivity contribution in [3.63, 3.8) is 0 Å². The number of aromatic nitrogens is 3. The highest BCUT2D eigenvalue weighted by Gasteiger charge is 2.36. The Labute approximate surface area is 229 Å². The van der Waals surface area contributed by atoms with Gasteiger partial charge in [-0.1, -0.05) is 59.3 Å². The Bertz CT molecular complexity index is 1520. The van der Waals surface area contributed by atoms with Gasteiger partial charge in [-0.05, 0) is 43.2 Å². The molecule has 0 radical (unpaired) electrons. The number of fused-ring (bicyclic) bond motifs is 3. The minimum Gasteiger partial charge on any atom is -0.457 e. The van der Waals surface area contributed by atoms with E-state index >= 15 is 0 Å². The molecule has 0 saturated carbocycles. The smallest absolute Gasteiger partial charge is 0.241 e. The van der Waals surface area contributed by atoms with Gasteiger partial charge in [-0.2, -0.15) is 0 Å². The molecule has 6 nitrogen and oxygen atoms in total. The van der Waals surface area contributed by atoms with E-state index in [2.05, 4.69) is 4.98 Å². The van der Waals surface area contributed by atoms with Crippen LogP contribution in [0, 0.1) is 6.92 Å². The first-order valence-electron chi connectivity index (χ1n) is 11.8. The molecule has 0 bridgehead atoms. The van der Waals surface area contributed by atoms with Crippen LogP contribution < -0.4 is 9.64 Å². The number of aryl methyl sites for hydroxylation is 2. The maximum Gasteiger partial charge on any atom is 0.241 e. The number of amides is 1. The summed E-state index contributed by atoms with van der Waals surface area (Å²) in [6.07, 6.45) is 6.24. The van der Waals surface area contributed by atoms with Crippen LogP contribution in [0.2, 0.25) is 5.02 Å². The van der Waals surface area contributed by atoms with Crippen molar-refractivity contribution >= 4 is 56.6 Å². The van der Waals surface area contributed by atoms with Gasteiger partial charge in [0.2, 0.25) is 5.91 Å². The number of nitrogens with zero attached hydrogens (tertiary/aromatic N) is 4. The molecule has 0 unspecified atom stereocenters. The van der Waals surface area contributed by atoms with Gasteiger partial charge in [-0.25, -0.2) is 9.97 Å². The van der Waals surface area contributed by atoms with Crippen molar-refractivity contribution in [2.45, 2.75) is 25.8 Å². The summed E-state index contributed by atoms with van der Waals surface area (Å²) in [5.74, 6) is 0.905. The van der Waals surface area contributed by atoms with Gasteiger partial charge in [0.25, 0.3) is 0 Å². The monoisotopic (exact) mass is 550 g/mol. The number of carbonyl (C=O) groups is 1. The number of hydrogen-bond acceptors (Lipinski definition) is 5. The van der Waals surface area contributed by atoms with E-state index in [1.165, 1.54) is 11.3 Å². The molecule has 0 spiro atoms. The molecule has 1 aliphatic heterocycles. The Morgan fingerprint density at radius 2 is 1.81 bits per heavy atom. The third-order valence-electron chi connectivity index (χ3n) is 6.42. The molecule has 2 aromatic heterocycles. The van der Waals surface area contributed by atoms with Crippen LogP contribution in [0.5, 0.6) is 11.5 Å². The maximum absolute atomic E-state index is 14.4. The van der Waals surface area contributed by atoms with Crippen LogP contribution in [0.1, 0.15) is 29.0 Å². The van der Waals surface area contributed by atoms with Gasteiger partial charge in [-0.15, -0.1) is 12.4 Å². The highest BCUT2D eigenvalue weighted by Crippen LogP contribution is 2.45. The fraction of sp³-hybridized carbons (Fsp3) is 0.179. The molecular weight excluding hydrogens is 527 g/mol. The van der Waals surface area contributed by atoms with Gasteiger partial charge in [-0.3, -0.25) is 9.69 Å². The Hall–Kier alpha value is -3.39. The maximum atomic E-state index is 14.4. The molecule has 5 aromatic rings. The van der Waals surface area contributed by atoms with Crippen molar-refractivity contribution < 1.29 is 9.53 Å². The fourth-order valence-corrected chi connectivity index (χ4v) is 6.17. The molecule has 0 saturated heterocycles. The lowest BCUT2D eigenvalue weighted by Gasteiger charge is -2.31. The number of thiazole rings is 1. The summed E-state index contributed by atoms with van der Waals surface area (Å²) in [4.78, 5) is 25.3. The van der Waals surface area contributed by atoms with E-state index in [0.29, 0.717) is 28.2 Å². The fourth-order valence-electron chi connectivity index (χ4n) is 4.72. The molecule has 1 aliphatic rings. The van der Waals surface area contributed by atoms with Crippen molar-refractivity contribution in [2.24, 2.45) is 0 Å². The molecule has 3 aromatic carbocycles. The van der Waals surface area contributed by atoms with Crippen LogP contribution in [0.15, 0.2) is 79.4 Å². The third-order valence-corrected chi connectivity index (χ3v) is 7.66. The first-order valence-corrected chi connectivity index (χ1v) is 13.0. The highest BCUT2D eigenvalue weighted by molar-refractivity contribution is 7.22. The number of rotatable bonds is 6. The summed E-state index contributed by atoms with van der Waals surface area (Å²) < 4.78 is 9.13. The number of halogens is 2. The van der Waals surface area contributed by atoms with E-state index in [0.717, 1.165) is 39.9 Å². The number of benzene rings is 3. The summed E-state index contributed by atoms with van der Waals surface area (Å²) in [5.41, 5.74) is 3.59. The normalized spacial score (nSPS) is 12.4. The standard InChI is InChI=1S/C28H23ClN4O2S.ClH/c1-18-15-19(29)16-24-26(18)31-28(36-24)33(13-6-12-32-14-11-30-17-32)27(34)25-20-7-2-4-9-22(20)35-23-10-5-3-8-21(23)25;/h2-5,7-11,14-17,25H,6,12-13H2,1H3;1H. The molecule has 1 amide bonds. The molecule has 0 fully saturated rings. The van der Waals surface area contributed by atoms with Gasteiger partial charge in [0.15, 0.2) is 5.13 Å². The molecule has 6 rings (SSSR count). The second kappa shape index (κ2) is 10.5. The predicted molar refractivity (Wildman–Crippen MR) is 151 cm³/mol. The van der Waals surface area contributed by atoms with E-state index in [1.54, 1.807) is 12.5 Å². The number of hydrogen-bond donors (Lipinski definition) is 0. The molecule has 188 valence electrons. The molecule has 0 aliphatic carbocycles. The summed E-state index contributed by atoms with van der Waals surface area (Å²) in [6, 6.07) is 19.3. The van der Waals surface area contributed by atoms with Gasteiger partial charge in [0, 0.05) is 41.6 Å². The van der Waals surface area contributed by atoms with Gasteiger partial charge in [0.1, 0.15) is 11.5 Å². The summed E-state index contributed by atoms with van der Waals surface area (Å²) >= 11 is 7.82. The lowest BCUT2D eigenvalue weighted by Crippen LogP contribution is -2.37. The molecular formula is C28H24Cl2N4O2S. The van der Waals surface area contributed by atoms with E-state index < -0.39 is 5.92 Å². The molecule has 9 heteroatoms. The highest BCUT2D eigenvalue weighted by atomic mass is 35.5. The van der Waals surface area contributed by atoms with E-state index in [-0.39, 0.29) is 18.3 Å². The molecule has 0 atom stereocenters. The number of imidazole rings is 1. The Morgan fingerprint density at radius 1 is 1.11 bits per heavy atom. The van der Waals surface area contributed by atoms with Gasteiger partial charge in [0.05, 0.1) is 22.5 Å². The molecule has 37 heavy (non-hydrogen) atoms. The largest absolute Gasteiger partial charge is 0.457 e. The molecule has 0 N–H and O–H groups in total. The second-order valence-corrected chi connectivity index (χ2v) is 10.3. The third kappa shape index (κ3) is 4.82. The summed E-state index contributed by atoms with van der Waals surface area (Å²) in [6.45, 7) is 3.26. The Morgan fingerprint density at radius 3 is 2.49 bits per heavy atom. The van der Waals surface area contributed by atoms with Crippen molar-refractivity contribution in [1.82, 2.24) is 14.5 Å². The number of carbonyl (C=O) groups excluding carboxylic acids is 1. The number of ether oxygens (including phenoxy) is 1. The average Bonchev–Trinajstić information content (AvgIpc) is 3.55. The van der Waals surface area contributed by atoms with Crippen molar-refractivity contribution in [1.29, 1.82) is 0 Å². The van der Waals surface area contributed by atoms with Gasteiger partial charge >= 0.3 is 0 Å². The molecule has 3 heterocycles. The zero-order valence-electron chi connectivity index (χ0n) is 20.0. The lowest BCUT2D eigenvalue weighted by atomic mass is 9.87. The SMILES string of the molecule is Cc1cc(Cl)cc2sc(N(CCCn3ccnc3)C(=O)C3c4ccccc4Oc4ccccc43)nc12.Cl. The van der Waals surface area contributed by atoms with E-state index in [4.69, 9.17) is 21.3 Å². The van der Waals surface area contributed by atoms with Gasteiger partial charge < -0.3 is 9.30 Å². The summed E-state index contributed by atoms with van der Waals surface area (Å²) in [5, 5.41) is 1.34. The van der Waals surface area contributed by atoms with Crippen LogP contribution in [0.4, 0.5) is 5.13 Å². The van der Waals surface area contributed by atoms with Crippen LogP contribution in [-0.2, 0) is 11.3 Å². The minimum absolute atomic E-state index is 0. The second-order valence-electron chi connectivity index (χ2n) is 8.82. The summed E-state index contributed by atoms with van der Waals surface area (Å²) in [7, 11) is 0. The first kappa shape index (κ1) is 25.3. The van der Waals surface area contributed by atoms with Crippen LogP contribution >= 0.6 is 35.3 Å². The zero-order valence-corrected chi connectivity index (χ0v) is 22.4. The van der Waals surface area contributed by atoms with Crippen LogP contribution in [0.25, 0.3) is 10.2 Å². The van der Waals surface area contributed by atoms with Crippen molar-refractivity contribution in [2.75, 3.05) is 11.4 Å². The Kier molecular flexibility index (Phi) is 7.20. The van der Waals surface area contributed by atoms with Crippen LogP contribution in [-0.4, -0.2) is 27.0 Å². The average molecular weight is 551 g/mol. The zero-order chi connectivity index (χ0) is 24.6. The number of anilines is 1. The lowest BCUT2D eigenvalue weighted by molar-refractivity contribution is -0.119. The minimum atomic E-state index is -0.490. The first-order chi connectivity index (χ1) is 17.6. The Balaban J connectivity index is 0.00000280. The van der Waals surface area contributed by atoms with Crippen LogP contribution in [0.3, 0.4) is 0 Å². The van der Waals surface area contributed by atoms with E-state index in [9.17, 15) is 4.79 Å². The topological polar surface area (TPSA) is 60.2 Å².